The molecule has 276 valence electrons. The molecule has 3 fully saturated rings. The summed E-state index contributed by atoms with van der Waals surface area (Å²) in [6.45, 7) is 0.156. The number of amides is 4. The highest BCUT2D eigenvalue weighted by atomic mass is 79.9. The van der Waals surface area contributed by atoms with Gasteiger partial charge in [-0.05, 0) is 97.0 Å². The first-order valence-electron chi connectivity index (χ1n) is 17.5. The number of likely N-dealkylation sites (tertiary alicyclic amines) is 1. The highest BCUT2D eigenvalue weighted by Gasteiger charge is 2.70. The molecule has 0 spiro atoms. The number of hydrazine groups is 1. The number of hydrogen-bond donors (Lipinski definition) is 3. The fourth-order valence-corrected chi connectivity index (χ4v) is 9.96. The zero-order chi connectivity index (χ0) is 38.1. The van der Waals surface area contributed by atoms with Gasteiger partial charge in [0.2, 0.25) is 11.8 Å². The lowest BCUT2D eigenvalue weighted by Crippen LogP contribution is -2.53. The number of allylic oxidation sites excluding steroid dienone is 2. The number of phenols is 2. The zero-order valence-corrected chi connectivity index (χ0v) is 31.9. The summed E-state index contributed by atoms with van der Waals surface area (Å²) in [6, 6.07) is 23.2. The van der Waals surface area contributed by atoms with E-state index in [9.17, 15) is 24.6 Å². The van der Waals surface area contributed by atoms with Gasteiger partial charge in [0.05, 0.1) is 41.0 Å². The van der Waals surface area contributed by atoms with E-state index in [4.69, 9.17) is 27.9 Å². The molecule has 2 heterocycles. The van der Waals surface area contributed by atoms with Crippen molar-refractivity contribution in [2.45, 2.75) is 30.6 Å². The molecule has 4 aromatic carbocycles. The average Bonchev–Trinajstić information content (AvgIpc) is 3.53. The minimum absolute atomic E-state index is 0.0877. The molecule has 0 radical (unpaired) electrons. The Hall–Kier alpha value is -4.84. The van der Waals surface area contributed by atoms with Gasteiger partial charge in [-0.3, -0.25) is 29.5 Å². The standard InChI is InChI=1S/C41H34BrCl2N3O7/c1-54-26-10-4-22(5-11-26)41-31(38(51)47(40(41)53)45-33-14-7-24(43)19-32(33)44)20-29-27(36(41)30-18-23(42)6-15-34(30)49)12-13-28-35(29)39(52)46(37(28)50)17-16-21-2-8-25(48)9-3-21/h2-12,14-15,18-19,28-29,31,35-36,45,48-49H,13,16-17,20H2,1H3/t28-,29+,31-,35-,36+,41+/m0/s1. The first-order chi connectivity index (χ1) is 25.9. The third-order valence-corrected chi connectivity index (χ3v) is 12.6. The predicted molar refractivity (Wildman–Crippen MR) is 205 cm³/mol. The first kappa shape index (κ1) is 36.2. The minimum atomic E-state index is -1.60. The molecule has 2 aliphatic heterocycles. The molecule has 4 aromatic rings. The van der Waals surface area contributed by atoms with Crippen LogP contribution in [0.15, 0.2) is 101 Å². The van der Waals surface area contributed by atoms with E-state index in [1.54, 1.807) is 72.8 Å². The van der Waals surface area contributed by atoms with Crippen LogP contribution in [0.4, 0.5) is 5.69 Å². The zero-order valence-electron chi connectivity index (χ0n) is 28.8. The number of imide groups is 2. The quantitative estimate of drug-likeness (QED) is 0.124. The maximum Gasteiger partial charge on any atom is 0.260 e. The molecular formula is C41H34BrCl2N3O7. The Labute approximate surface area is 329 Å². The molecule has 8 rings (SSSR count). The highest BCUT2D eigenvalue weighted by molar-refractivity contribution is 9.10. The molecule has 10 nitrogen and oxygen atoms in total. The second kappa shape index (κ2) is 13.8. The molecule has 1 saturated carbocycles. The van der Waals surface area contributed by atoms with E-state index in [1.807, 2.05) is 6.08 Å². The van der Waals surface area contributed by atoms with Crippen LogP contribution in [0.25, 0.3) is 0 Å². The third-order valence-electron chi connectivity index (χ3n) is 11.5. The predicted octanol–water partition coefficient (Wildman–Crippen LogP) is 7.40. The number of methoxy groups -OCH3 is 1. The van der Waals surface area contributed by atoms with E-state index in [-0.39, 0.29) is 53.4 Å². The van der Waals surface area contributed by atoms with Crippen LogP contribution in [0.2, 0.25) is 10.0 Å². The second-order valence-corrected chi connectivity index (χ2v) is 15.9. The molecule has 3 N–H and O–H groups in total. The van der Waals surface area contributed by atoms with Crippen molar-refractivity contribution in [3.05, 3.63) is 128 Å². The molecule has 0 aromatic heterocycles. The van der Waals surface area contributed by atoms with Crippen molar-refractivity contribution in [1.29, 1.82) is 0 Å². The molecule has 2 saturated heterocycles. The van der Waals surface area contributed by atoms with Gasteiger partial charge in [-0.2, -0.15) is 5.01 Å². The number of carbonyl (C=O) groups is 4. The fourth-order valence-electron chi connectivity index (χ4n) is 9.13. The van der Waals surface area contributed by atoms with Gasteiger partial charge in [-0.25, -0.2) is 0 Å². The average molecular weight is 832 g/mol. The van der Waals surface area contributed by atoms with Crippen molar-refractivity contribution in [3.8, 4) is 17.2 Å². The van der Waals surface area contributed by atoms with Crippen LogP contribution in [0.5, 0.6) is 17.2 Å². The number of aromatic hydroxyl groups is 2. The van der Waals surface area contributed by atoms with Crippen molar-refractivity contribution >= 4 is 68.4 Å². The SMILES string of the molecule is COc1ccc([C@@]23C(=O)N(Nc4ccc(Cl)cc4Cl)C(=O)[C@@H]2C[C@@H]2C(=CC[C@@H]4C(=O)N(CCc5ccc(O)cc5)C(=O)[C@@H]42)[C@@H]3c2cc(Br)ccc2O)cc1. The molecule has 0 unspecified atom stereocenters. The van der Waals surface area contributed by atoms with Crippen LogP contribution in [0.3, 0.4) is 0 Å². The molecular weight excluding hydrogens is 797 g/mol. The largest absolute Gasteiger partial charge is 0.508 e. The molecule has 4 amide bonds. The Bertz CT molecular complexity index is 2250. The number of rotatable bonds is 8. The molecule has 2 aliphatic carbocycles. The third kappa shape index (κ3) is 5.67. The lowest BCUT2D eigenvalue weighted by Gasteiger charge is -2.50. The summed E-state index contributed by atoms with van der Waals surface area (Å²) in [5, 5.41) is 22.9. The van der Waals surface area contributed by atoms with E-state index < -0.39 is 46.8 Å². The molecule has 4 aliphatic rings. The van der Waals surface area contributed by atoms with Crippen LogP contribution in [0.1, 0.15) is 35.4 Å². The first-order valence-corrected chi connectivity index (χ1v) is 19.0. The van der Waals surface area contributed by atoms with E-state index in [2.05, 4.69) is 21.4 Å². The van der Waals surface area contributed by atoms with Gasteiger partial charge in [0.25, 0.3) is 11.8 Å². The van der Waals surface area contributed by atoms with Crippen molar-refractivity contribution in [2.75, 3.05) is 19.1 Å². The van der Waals surface area contributed by atoms with Crippen molar-refractivity contribution in [2.24, 2.45) is 23.7 Å². The van der Waals surface area contributed by atoms with Gasteiger partial charge in [0.15, 0.2) is 0 Å². The number of carbonyl (C=O) groups excluding carboxylic acids is 4. The van der Waals surface area contributed by atoms with Crippen LogP contribution in [0, 0.1) is 23.7 Å². The summed E-state index contributed by atoms with van der Waals surface area (Å²) in [6.07, 6.45) is 2.68. The Balaban J connectivity index is 1.27. The fraction of sp³-hybridized carbons (Fsp3) is 0.268. The molecule has 13 heteroatoms. The van der Waals surface area contributed by atoms with Crippen LogP contribution in [-0.4, -0.2) is 57.4 Å². The number of halogens is 3. The summed E-state index contributed by atoms with van der Waals surface area (Å²) in [7, 11) is 1.53. The number of ether oxygens (including phenoxy) is 1. The summed E-state index contributed by atoms with van der Waals surface area (Å²) >= 11 is 16.3. The van der Waals surface area contributed by atoms with Gasteiger partial charge >= 0.3 is 0 Å². The smallest absolute Gasteiger partial charge is 0.260 e. The Kier molecular flexibility index (Phi) is 9.23. The highest BCUT2D eigenvalue weighted by Crippen LogP contribution is 2.65. The van der Waals surface area contributed by atoms with E-state index in [0.29, 0.717) is 38.4 Å². The Morgan fingerprint density at radius 2 is 1.63 bits per heavy atom. The number of fused-ring (bicyclic) bond motifs is 4. The van der Waals surface area contributed by atoms with Crippen LogP contribution >= 0.6 is 39.1 Å². The number of benzene rings is 4. The maximum atomic E-state index is 15.4. The lowest BCUT2D eigenvalue weighted by atomic mass is 9.49. The molecule has 54 heavy (non-hydrogen) atoms. The Morgan fingerprint density at radius 1 is 0.889 bits per heavy atom. The van der Waals surface area contributed by atoms with E-state index in [0.717, 1.165) is 10.6 Å². The van der Waals surface area contributed by atoms with Gasteiger partial charge in [0.1, 0.15) is 17.2 Å². The number of hydrogen-bond acceptors (Lipinski definition) is 8. The van der Waals surface area contributed by atoms with Gasteiger partial charge in [-0.15, -0.1) is 0 Å². The van der Waals surface area contributed by atoms with E-state index in [1.165, 1.54) is 24.1 Å². The van der Waals surface area contributed by atoms with Crippen molar-refractivity contribution in [3.63, 3.8) is 0 Å². The minimum Gasteiger partial charge on any atom is -0.508 e. The monoisotopic (exact) mass is 829 g/mol. The second-order valence-electron chi connectivity index (χ2n) is 14.2. The van der Waals surface area contributed by atoms with Crippen molar-refractivity contribution in [1.82, 2.24) is 9.91 Å². The maximum absolute atomic E-state index is 15.4. The topological polar surface area (TPSA) is 136 Å². The van der Waals surface area contributed by atoms with Crippen LogP contribution < -0.4 is 10.2 Å². The van der Waals surface area contributed by atoms with E-state index >= 15 is 4.79 Å². The summed E-state index contributed by atoms with van der Waals surface area (Å²) in [5.74, 6) is -5.11. The normalized spacial score (nSPS) is 26.0. The summed E-state index contributed by atoms with van der Waals surface area (Å²) in [4.78, 5) is 60.0. The lowest BCUT2D eigenvalue weighted by molar-refractivity contribution is -0.141. The van der Waals surface area contributed by atoms with Crippen molar-refractivity contribution < 1.29 is 34.1 Å². The van der Waals surface area contributed by atoms with Gasteiger partial charge in [0, 0.05) is 27.5 Å². The number of anilines is 1. The number of nitrogens with zero attached hydrogens (tertiary/aromatic N) is 2. The number of nitrogens with one attached hydrogen (secondary N) is 1. The molecule has 0 bridgehead atoms. The summed E-state index contributed by atoms with van der Waals surface area (Å²) in [5.41, 5.74) is 4.15. The number of phenolic OH excluding ortho intramolecular Hbond substituents is 2. The summed E-state index contributed by atoms with van der Waals surface area (Å²) < 4.78 is 6.10. The van der Waals surface area contributed by atoms with Gasteiger partial charge < -0.3 is 14.9 Å². The Morgan fingerprint density at radius 3 is 2.33 bits per heavy atom. The van der Waals surface area contributed by atoms with Crippen LogP contribution in [-0.2, 0) is 31.0 Å². The molecule has 6 atom stereocenters. The van der Waals surface area contributed by atoms with Gasteiger partial charge in [-0.1, -0.05) is 75.0 Å².